The molecule has 8 heteroatoms. The number of halogens is 1. The third kappa shape index (κ3) is 7.69. The Kier molecular flexibility index (Phi) is 9.99. The van der Waals surface area contributed by atoms with Gasteiger partial charge in [0, 0.05) is 26.2 Å². The Balaban J connectivity index is 0.00000300. The summed E-state index contributed by atoms with van der Waals surface area (Å²) in [4.78, 5) is 18.7. The van der Waals surface area contributed by atoms with Crippen molar-refractivity contribution < 1.29 is 9.21 Å². The molecule has 1 aromatic carbocycles. The van der Waals surface area contributed by atoms with E-state index in [0.717, 1.165) is 25.4 Å². The van der Waals surface area contributed by atoms with Crippen molar-refractivity contribution in [2.75, 3.05) is 26.7 Å². The number of furan rings is 1. The summed E-state index contributed by atoms with van der Waals surface area (Å²) in [6.45, 7) is 3.44. The molecule has 2 heterocycles. The lowest BCUT2D eigenvalue weighted by atomic mass is 10.2. The van der Waals surface area contributed by atoms with Crippen LogP contribution in [-0.4, -0.2) is 49.5 Å². The molecule has 0 aliphatic carbocycles. The fourth-order valence-electron chi connectivity index (χ4n) is 3.41. The number of benzene rings is 1. The van der Waals surface area contributed by atoms with E-state index in [-0.39, 0.29) is 36.4 Å². The maximum absolute atomic E-state index is 12.0. The average molecular weight is 511 g/mol. The molecule has 7 nitrogen and oxygen atoms in total. The number of nitrogens with zero attached hydrogens (tertiary/aromatic N) is 2. The highest BCUT2D eigenvalue weighted by Crippen LogP contribution is 2.19. The Labute approximate surface area is 189 Å². The summed E-state index contributed by atoms with van der Waals surface area (Å²) >= 11 is 0. The van der Waals surface area contributed by atoms with Crippen LogP contribution in [-0.2, 0) is 17.9 Å². The predicted molar refractivity (Wildman–Crippen MR) is 125 cm³/mol. The highest BCUT2D eigenvalue weighted by atomic mass is 127. The van der Waals surface area contributed by atoms with E-state index in [2.05, 4.69) is 50.1 Å². The zero-order valence-corrected chi connectivity index (χ0v) is 19.1. The fraction of sp³-hybridized carbons (Fsp3) is 0.429. The summed E-state index contributed by atoms with van der Waals surface area (Å²) < 4.78 is 5.20. The number of carbonyl (C=O) groups is 1. The van der Waals surface area contributed by atoms with Crippen molar-refractivity contribution >= 4 is 35.8 Å². The van der Waals surface area contributed by atoms with Gasteiger partial charge in [0.1, 0.15) is 5.76 Å². The first-order valence-electron chi connectivity index (χ1n) is 9.76. The number of hydrogen-bond donors (Lipinski definition) is 3. The molecule has 1 amide bonds. The van der Waals surface area contributed by atoms with Gasteiger partial charge in [-0.3, -0.25) is 14.7 Å². The van der Waals surface area contributed by atoms with Gasteiger partial charge in [0.25, 0.3) is 0 Å². The van der Waals surface area contributed by atoms with Gasteiger partial charge in [-0.25, -0.2) is 0 Å². The highest BCUT2D eigenvalue weighted by Gasteiger charge is 2.24. The van der Waals surface area contributed by atoms with Gasteiger partial charge in [-0.15, -0.1) is 24.0 Å². The normalized spacial score (nSPS) is 16.9. The zero-order valence-electron chi connectivity index (χ0n) is 16.8. The van der Waals surface area contributed by atoms with Crippen molar-refractivity contribution in [2.24, 2.45) is 4.99 Å². The van der Waals surface area contributed by atoms with Crippen LogP contribution in [0.25, 0.3) is 0 Å². The molecule has 1 atom stereocenters. The average Bonchev–Trinajstić information content (AvgIpc) is 3.39. The van der Waals surface area contributed by atoms with Crippen LogP contribution in [0.1, 0.15) is 24.2 Å². The Hall–Kier alpha value is -2.07. The van der Waals surface area contributed by atoms with E-state index in [1.807, 2.05) is 12.1 Å². The van der Waals surface area contributed by atoms with Gasteiger partial charge in [-0.05, 0) is 37.1 Å². The third-order valence-corrected chi connectivity index (χ3v) is 4.91. The standard InChI is InChI=1S/C21H29N5O2.HI/c1-22-21(25-15-20(27)23-14-19-10-6-12-28-19)24-13-18-9-5-11-26(18)16-17-7-3-2-4-8-17;/h2-4,6-8,10,12,18H,5,9,11,13-16H2,1H3,(H,23,27)(H2,22,24,25);1H. The van der Waals surface area contributed by atoms with E-state index in [0.29, 0.717) is 18.5 Å². The lowest BCUT2D eigenvalue weighted by Crippen LogP contribution is -2.47. The van der Waals surface area contributed by atoms with Gasteiger partial charge in [-0.2, -0.15) is 0 Å². The topological polar surface area (TPSA) is 81.9 Å². The zero-order chi connectivity index (χ0) is 19.6. The molecule has 1 aliphatic rings. The van der Waals surface area contributed by atoms with Gasteiger partial charge in [0.2, 0.25) is 5.91 Å². The molecule has 0 saturated carbocycles. The van der Waals surface area contributed by atoms with E-state index in [1.54, 1.807) is 19.4 Å². The summed E-state index contributed by atoms with van der Waals surface area (Å²) in [6, 6.07) is 14.7. The summed E-state index contributed by atoms with van der Waals surface area (Å²) in [7, 11) is 1.71. The van der Waals surface area contributed by atoms with E-state index in [9.17, 15) is 4.79 Å². The van der Waals surface area contributed by atoms with Crippen LogP contribution in [0.3, 0.4) is 0 Å². The lowest BCUT2D eigenvalue weighted by Gasteiger charge is -2.25. The minimum Gasteiger partial charge on any atom is -0.467 e. The van der Waals surface area contributed by atoms with E-state index >= 15 is 0 Å². The molecule has 1 aliphatic heterocycles. The van der Waals surface area contributed by atoms with Crippen LogP contribution in [0, 0.1) is 0 Å². The highest BCUT2D eigenvalue weighted by molar-refractivity contribution is 14.0. The van der Waals surface area contributed by atoms with Crippen LogP contribution in [0.5, 0.6) is 0 Å². The SMILES string of the molecule is CN=C(NCC(=O)NCc1ccco1)NCC1CCCN1Cc1ccccc1.I. The molecule has 3 rings (SSSR count). The molecule has 0 radical (unpaired) electrons. The van der Waals surface area contributed by atoms with Crippen molar-refractivity contribution in [3.05, 3.63) is 60.1 Å². The molecule has 1 fully saturated rings. The van der Waals surface area contributed by atoms with Gasteiger partial charge < -0.3 is 20.4 Å². The molecule has 2 aromatic rings. The third-order valence-electron chi connectivity index (χ3n) is 4.91. The number of aliphatic imine (C=N–C) groups is 1. The van der Waals surface area contributed by atoms with Gasteiger partial charge >= 0.3 is 0 Å². The van der Waals surface area contributed by atoms with Crippen LogP contribution in [0.15, 0.2) is 58.1 Å². The van der Waals surface area contributed by atoms with Crippen LogP contribution >= 0.6 is 24.0 Å². The van der Waals surface area contributed by atoms with Crippen molar-refractivity contribution in [3.8, 4) is 0 Å². The van der Waals surface area contributed by atoms with Crippen LogP contribution in [0.2, 0.25) is 0 Å². The molecule has 1 unspecified atom stereocenters. The minimum absolute atomic E-state index is 0. The molecule has 3 N–H and O–H groups in total. The number of hydrogen-bond acceptors (Lipinski definition) is 4. The Morgan fingerprint density at radius 3 is 2.72 bits per heavy atom. The van der Waals surface area contributed by atoms with Gasteiger partial charge in [0.15, 0.2) is 5.96 Å². The first kappa shape index (κ1) is 23.2. The second-order valence-electron chi connectivity index (χ2n) is 6.91. The fourth-order valence-corrected chi connectivity index (χ4v) is 3.41. The lowest BCUT2D eigenvalue weighted by molar-refractivity contribution is -0.120. The van der Waals surface area contributed by atoms with E-state index in [1.165, 1.54) is 18.4 Å². The number of guanidine groups is 1. The summed E-state index contributed by atoms with van der Waals surface area (Å²) in [6.07, 6.45) is 3.97. The molecule has 29 heavy (non-hydrogen) atoms. The van der Waals surface area contributed by atoms with Crippen molar-refractivity contribution in [1.82, 2.24) is 20.9 Å². The molecule has 0 spiro atoms. The van der Waals surface area contributed by atoms with Crippen molar-refractivity contribution in [2.45, 2.75) is 32.0 Å². The van der Waals surface area contributed by atoms with Crippen molar-refractivity contribution in [1.29, 1.82) is 0 Å². The van der Waals surface area contributed by atoms with Crippen LogP contribution in [0.4, 0.5) is 0 Å². The van der Waals surface area contributed by atoms with E-state index < -0.39 is 0 Å². The number of carbonyl (C=O) groups excluding carboxylic acids is 1. The Bertz CT molecular complexity index is 752. The summed E-state index contributed by atoms with van der Waals surface area (Å²) in [5.74, 6) is 1.27. The first-order valence-corrected chi connectivity index (χ1v) is 9.76. The number of likely N-dealkylation sites (tertiary alicyclic amines) is 1. The van der Waals surface area contributed by atoms with Gasteiger partial charge in [0.05, 0.1) is 19.4 Å². The number of amides is 1. The van der Waals surface area contributed by atoms with Crippen molar-refractivity contribution in [3.63, 3.8) is 0 Å². The van der Waals surface area contributed by atoms with E-state index in [4.69, 9.17) is 4.42 Å². The predicted octanol–water partition coefficient (Wildman–Crippen LogP) is 2.34. The smallest absolute Gasteiger partial charge is 0.239 e. The second-order valence-corrected chi connectivity index (χ2v) is 6.91. The second kappa shape index (κ2) is 12.5. The number of nitrogens with one attached hydrogen (secondary N) is 3. The Morgan fingerprint density at radius 1 is 1.17 bits per heavy atom. The van der Waals surface area contributed by atoms with Gasteiger partial charge in [-0.1, -0.05) is 30.3 Å². The maximum atomic E-state index is 12.0. The first-order chi connectivity index (χ1) is 13.7. The molecule has 1 saturated heterocycles. The summed E-state index contributed by atoms with van der Waals surface area (Å²) in [5.41, 5.74) is 1.34. The molecule has 158 valence electrons. The maximum Gasteiger partial charge on any atom is 0.239 e. The molecular formula is C21H30IN5O2. The molecular weight excluding hydrogens is 481 g/mol. The Morgan fingerprint density at radius 2 is 2.00 bits per heavy atom. The quantitative estimate of drug-likeness (QED) is 0.288. The largest absolute Gasteiger partial charge is 0.467 e. The molecule has 0 bridgehead atoms. The van der Waals surface area contributed by atoms with Crippen LogP contribution < -0.4 is 16.0 Å². The minimum atomic E-state index is -0.106. The summed E-state index contributed by atoms with van der Waals surface area (Å²) in [5, 5.41) is 9.23. The number of rotatable bonds is 8. The molecule has 1 aromatic heterocycles. The monoisotopic (exact) mass is 511 g/mol.